The van der Waals surface area contributed by atoms with Gasteiger partial charge in [0.1, 0.15) is 5.60 Å². The van der Waals surface area contributed by atoms with Gasteiger partial charge in [-0.05, 0) is 39.2 Å². The van der Waals surface area contributed by atoms with Crippen LogP contribution in [0.1, 0.15) is 18.1 Å². The SMILES string of the molecule is CN(C)CC12C=CC(C)(O1)[C@H]1C(=O)N(c3ccc(C#N)c(C(F)(F)F)c3)C(=O)C12. The smallest absolute Gasteiger partial charge is 0.358 e. The van der Waals surface area contributed by atoms with Crippen LogP contribution in [0.15, 0.2) is 30.4 Å². The van der Waals surface area contributed by atoms with Crippen LogP contribution in [0.5, 0.6) is 0 Å². The summed E-state index contributed by atoms with van der Waals surface area (Å²) in [4.78, 5) is 29.1. The molecule has 3 aliphatic heterocycles. The van der Waals surface area contributed by atoms with E-state index in [9.17, 15) is 22.8 Å². The molecule has 2 fully saturated rings. The first-order valence-corrected chi connectivity index (χ1v) is 8.98. The molecule has 6 nitrogen and oxygen atoms in total. The van der Waals surface area contributed by atoms with Crippen LogP contribution >= 0.6 is 0 Å². The highest BCUT2D eigenvalue weighted by molar-refractivity contribution is 6.23. The zero-order chi connectivity index (χ0) is 21.4. The number of anilines is 1. The maximum atomic E-state index is 13.4. The van der Waals surface area contributed by atoms with Gasteiger partial charge in [-0.3, -0.25) is 9.59 Å². The molecule has 3 aliphatic rings. The summed E-state index contributed by atoms with van der Waals surface area (Å²) in [6.45, 7) is 2.06. The number of carbonyl (C=O) groups excluding carboxylic acids is 2. The van der Waals surface area contributed by atoms with E-state index in [1.165, 1.54) is 12.1 Å². The highest BCUT2D eigenvalue weighted by Gasteiger charge is 2.72. The average Bonchev–Trinajstić information content (AvgIpc) is 3.18. The Morgan fingerprint density at radius 2 is 1.86 bits per heavy atom. The Balaban J connectivity index is 1.79. The standard InChI is InChI=1S/C20H18F3N3O3/c1-18-6-7-19(29-18,10-25(2)3)15-14(18)16(27)26(17(15)28)12-5-4-11(9-24)13(8-12)20(21,22)23/h4-8,14-15H,10H2,1-3H3/t14-,15?,18?,19?/m1/s1. The molecular formula is C20H18F3N3O3. The number of amides is 2. The molecule has 1 aromatic rings. The van der Waals surface area contributed by atoms with Crippen molar-refractivity contribution >= 4 is 17.5 Å². The number of ether oxygens (including phenoxy) is 1. The molecule has 0 aliphatic carbocycles. The molecule has 4 atom stereocenters. The van der Waals surface area contributed by atoms with Crippen molar-refractivity contribution in [2.45, 2.75) is 24.3 Å². The van der Waals surface area contributed by atoms with Crippen molar-refractivity contribution in [1.82, 2.24) is 4.90 Å². The lowest BCUT2D eigenvalue weighted by Gasteiger charge is -2.31. The molecule has 3 heterocycles. The fraction of sp³-hybridized carbons (Fsp3) is 0.450. The van der Waals surface area contributed by atoms with Crippen LogP contribution < -0.4 is 4.90 Å². The number of rotatable bonds is 3. The maximum absolute atomic E-state index is 13.4. The third kappa shape index (κ3) is 2.63. The van der Waals surface area contributed by atoms with E-state index in [1.807, 2.05) is 19.0 Å². The molecule has 0 aromatic heterocycles. The number of hydrogen-bond acceptors (Lipinski definition) is 5. The Bertz CT molecular complexity index is 997. The topological polar surface area (TPSA) is 73.6 Å². The fourth-order valence-electron chi connectivity index (χ4n) is 4.79. The van der Waals surface area contributed by atoms with E-state index < -0.39 is 52.2 Å². The lowest BCUT2D eigenvalue weighted by atomic mass is 9.72. The number of nitrogens with zero attached hydrogens (tertiary/aromatic N) is 3. The van der Waals surface area contributed by atoms with Crippen molar-refractivity contribution in [2.75, 3.05) is 25.5 Å². The molecule has 3 unspecified atom stereocenters. The Morgan fingerprint density at radius 1 is 1.21 bits per heavy atom. The van der Waals surface area contributed by atoms with Crippen molar-refractivity contribution in [3.05, 3.63) is 41.5 Å². The average molecular weight is 405 g/mol. The molecule has 152 valence electrons. The molecular weight excluding hydrogens is 387 g/mol. The molecule has 2 saturated heterocycles. The first-order chi connectivity index (χ1) is 13.4. The molecule has 0 radical (unpaired) electrons. The van der Waals surface area contributed by atoms with Gasteiger partial charge in [-0.25, -0.2) is 4.90 Å². The number of alkyl halides is 3. The van der Waals surface area contributed by atoms with Gasteiger partial charge in [-0.1, -0.05) is 12.2 Å². The normalized spacial score (nSPS) is 33.0. The summed E-state index contributed by atoms with van der Waals surface area (Å²) in [7, 11) is 3.62. The second kappa shape index (κ2) is 5.90. The molecule has 0 spiro atoms. The van der Waals surface area contributed by atoms with Crippen molar-refractivity contribution in [3.63, 3.8) is 0 Å². The van der Waals surface area contributed by atoms with Crippen LogP contribution in [0.3, 0.4) is 0 Å². The van der Waals surface area contributed by atoms with E-state index in [0.717, 1.165) is 11.0 Å². The molecule has 0 N–H and O–H groups in total. The third-order valence-corrected chi connectivity index (χ3v) is 5.81. The Labute approximate surface area is 165 Å². The minimum atomic E-state index is -4.79. The summed E-state index contributed by atoms with van der Waals surface area (Å²) in [5.41, 5.74) is -3.95. The Kier molecular flexibility index (Phi) is 3.99. The van der Waals surface area contributed by atoms with Crippen molar-refractivity contribution in [3.8, 4) is 6.07 Å². The quantitative estimate of drug-likeness (QED) is 0.570. The number of likely N-dealkylation sites (N-methyl/N-ethyl adjacent to an activating group) is 1. The number of carbonyl (C=O) groups is 2. The molecule has 2 bridgehead atoms. The summed E-state index contributed by atoms with van der Waals surface area (Å²) in [5.74, 6) is -2.82. The maximum Gasteiger partial charge on any atom is 0.417 e. The van der Waals surface area contributed by atoms with Gasteiger partial charge in [-0.15, -0.1) is 0 Å². The van der Waals surface area contributed by atoms with Crippen LogP contribution in [0, 0.1) is 23.2 Å². The molecule has 0 saturated carbocycles. The number of benzene rings is 1. The first-order valence-electron chi connectivity index (χ1n) is 8.98. The number of nitriles is 1. The number of fused-ring (bicyclic) bond motifs is 5. The molecule has 29 heavy (non-hydrogen) atoms. The largest absolute Gasteiger partial charge is 0.417 e. The van der Waals surface area contributed by atoms with Crippen molar-refractivity contribution in [2.24, 2.45) is 11.8 Å². The van der Waals surface area contributed by atoms with Gasteiger partial charge in [-0.2, -0.15) is 18.4 Å². The van der Waals surface area contributed by atoms with E-state index in [4.69, 9.17) is 10.00 Å². The van der Waals surface area contributed by atoms with Crippen molar-refractivity contribution in [1.29, 1.82) is 5.26 Å². The monoisotopic (exact) mass is 405 g/mol. The van der Waals surface area contributed by atoms with Crippen LogP contribution in [0.2, 0.25) is 0 Å². The van der Waals surface area contributed by atoms with Crippen LogP contribution in [0.4, 0.5) is 18.9 Å². The molecule has 1 aromatic carbocycles. The molecule has 2 amide bonds. The lowest BCUT2D eigenvalue weighted by Crippen LogP contribution is -2.47. The molecule has 4 rings (SSSR count). The number of halogens is 3. The molecule has 9 heteroatoms. The number of hydrogen-bond donors (Lipinski definition) is 0. The van der Waals surface area contributed by atoms with Crippen LogP contribution in [-0.4, -0.2) is 48.6 Å². The minimum absolute atomic E-state index is 0.191. The van der Waals surface area contributed by atoms with Gasteiger partial charge in [0.15, 0.2) is 0 Å². The summed E-state index contributed by atoms with van der Waals surface area (Å²) < 4.78 is 46.2. The second-order valence-electron chi connectivity index (χ2n) is 8.12. The zero-order valence-corrected chi connectivity index (χ0v) is 15.9. The first kappa shape index (κ1) is 19.6. The Hall–Kier alpha value is -2.70. The Morgan fingerprint density at radius 3 is 2.45 bits per heavy atom. The summed E-state index contributed by atoms with van der Waals surface area (Å²) in [6, 6.07) is 4.36. The summed E-state index contributed by atoms with van der Waals surface area (Å²) in [5, 5.41) is 8.98. The lowest BCUT2D eigenvalue weighted by molar-refractivity contribution is -0.138. The van der Waals surface area contributed by atoms with Gasteiger partial charge in [0.2, 0.25) is 11.8 Å². The van der Waals surface area contributed by atoms with Crippen LogP contribution in [0.25, 0.3) is 0 Å². The van der Waals surface area contributed by atoms with Gasteiger partial charge in [0.25, 0.3) is 0 Å². The highest BCUT2D eigenvalue weighted by Crippen LogP contribution is 2.58. The predicted molar refractivity (Wildman–Crippen MR) is 95.5 cm³/mol. The third-order valence-electron chi connectivity index (χ3n) is 5.81. The number of imide groups is 1. The minimum Gasteiger partial charge on any atom is -0.358 e. The second-order valence-corrected chi connectivity index (χ2v) is 8.12. The van der Waals surface area contributed by atoms with Gasteiger partial charge >= 0.3 is 6.18 Å². The predicted octanol–water partition coefficient (Wildman–Crippen LogP) is 2.34. The summed E-state index contributed by atoms with van der Waals surface area (Å²) in [6.07, 6.45) is -1.25. The highest BCUT2D eigenvalue weighted by atomic mass is 19.4. The van der Waals surface area contributed by atoms with Gasteiger partial charge in [0.05, 0.1) is 40.3 Å². The van der Waals surface area contributed by atoms with Gasteiger partial charge in [0, 0.05) is 6.54 Å². The van der Waals surface area contributed by atoms with Crippen LogP contribution in [-0.2, 0) is 20.5 Å². The van der Waals surface area contributed by atoms with Gasteiger partial charge < -0.3 is 9.64 Å². The zero-order valence-electron chi connectivity index (χ0n) is 15.9. The van der Waals surface area contributed by atoms with E-state index in [2.05, 4.69) is 0 Å². The van der Waals surface area contributed by atoms with E-state index in [1.54, 1.807) is 19.1 Å². The van der Waals surface area contributed by atoms with E-state index >= 15 is 0 Å². The van der Waals surface area contributed by atoms with Crippen molar-refractivity contribution < 1.29 is 27.5 Å². The summed E-state index contributed by atoms with van der Waals surface area (Å²) >= 11 is 0. The van der Waals surface area contributed by atoms with E-state index in [0.29, 0.717) is 12.6 Å². The van der Waals surface area contributed by atoms with E-state index in [-0.39, 0.29) is 5.69 Å². The fourth-order valence-corrected chi connectivity index (χ4v) is 4.79.